The quantitative estimate of drug-likeness (QED) is 0.853. The summed E-state index contributed by atoms with van der Waals surface area (Å²) in [6, 6.07) is 4.97. The third-order valence-electron chi connectivity index (χ3n) is 3.22. The summed E-state index contributed by atoms with van der Waals surface area (Å²) in [5.41, 5.74) is 3.38. The molecule has 0 bridgehead atoms. The molecule has 22 heavy (non-hydrogen) atoms. The van der Waals surface area contributed by atoms with Gasteiger partial charge in [0, 0.05) is 6.54 Å². The first-order valence-electron chi connectivity index (χ1n) is 7.20. The minimum absolute atomic E-state index is 0.282. The number of nitrogens with zero attached hydrogens (tertiary/aromatic N) is 2. The van der Waals surface area contributed by atoms with Gasteiger partial charge in [0.2, 0.25) is 0 Å². The lowest BCUT2D eigenvalue weighted by molar-refractivity contribution is -0.124. The Morgan fingerprint density at radius 3 is 2.50 bits per heavy atom. The highest BCUT2D eigenvalue weighted by Gasteiger charge is 2.12. The van der Waals surface area contributed by atoms with Crippen LogP contribution >= 0.6 is 0 Å². The molecule has 1 heterocycles. The summed E-state index contributed by atoms with van der Waals surface area (Å²) in [6.07, 6.45) is 0.835. The van der Waals surface area contributed by atoms with Crippen LogP contribution in [0.4, 0.5) is 0 Å². The number of fused-ring (bicyclic) bond motifs is 1. The Morgan fingerprint density at radius 2 is 1.82 bits per heavy atom. The molecule has 1 N–H and O–H groups in total. The van der Waals surface area contributed by atoms with Crippen molar-refractivity contribution >= 4 is 22.9 Å². The Balaban J connectivity index is 2.08. The van der Waals surface area contributed by atoms with Crippen molar-refractivity contribution in [3.63, 3.8) is 0 Å². The number of benzene rings is 1. The molecule has 0 aliphatic carbocycles. The molecule has 0 aliphatic rings. The summed E-state index contributed by atoms with van der Waals surface area (Å²) in [5.74, 6) is -0.851. The number of carbonyl (C=O) groups is 2. The van der Waals surface area contributed by atoms with Crippen LogP contribution < -0.4 is 5.32 Å². The molecule has 2 rings (SSSR count). The number of carbonyl (C=O) groups excluding carboxylic acids is 2. The van der Waals surface area contributed by atoms with Gasteiger partial charge < -0.3 is 10.1 Å². The van der Waals surface area contributed by atoms with Crippen LogP contribution in [0.2, 0.25) is 0 Å². The van der Waals surface area contributed by atoms with E-state index in [1.807, 2.05) is 20.8 Å². The van der Waals surface area contributed by atoms with E-state index in [4.69, 9.17) is 4.74 Å². The number of ether oxygens (including phenoxy) is 1. The Bertz CT molecular complexity index is 713. The van der Waals surface area contributed by atoms with Gasteiger partial charge >= 0.3 is 5.97 Å². The van der Waals surface area contributed by atoms with Crippen LogP contribution in [-0.4, -0.2) is 35.0 Å². The summed E-state index contributed by atoms with van der Waals surface area (Å²) >= 11 is 0. The zero-order valence-corrected chi connectivity index (χ0v) is 13.0. The fraction of sp³-hybridized carbons (Fsp3) is 0.375. The number of rotatable bonds is 5. The van der Waals surface area contributed by atoms with Gasteiger partial charge in [-0.2, -0.15) is 0 Å². The van der Waals surface area contributed by atoms with E-state index in [2.05, 4.69) is 15.3 Å². The number of amides is 1. The summed E-state index contributed by atoms with van der Waals surface area (Å²) in [4.78, 5) is 32.2. The largest absolute Gasteiger partial charge is 0.452 e. The molecule has 0 fully saturated rings. The summed E-state index contributed by atoms with van der Waals surface area (Å²) in [7, 11) is 0. The first-order valence-corrected chi connectivity index (χ1v) is 7.20. The van der Waals surface area contributed by atoms with E-state index in [9.17, 15) is 9.59 Å². The Labute approximate surface area is 128 Å². The topological polar surface area (TPSA) is 81.2 Å². The van der Waals surface area contributed by atoms with Crippen molar-refractivity contribution in [2.45, 2.75) is 27.2 Å². The summed E-state index contributed by atoms with van der Waals surface area (Å²) < 4.78 is 4.99. The van der Waals surface area contributed by atoms with Crippen LogP contribution in [0.25, 0.3) is 11.0 Å². The molecule has 6 nitrogen and oxygen atoms in total. The number of esters is 1. The Kier molecular flexibility index (Phi) is 5.04. The maximum absolute atomic E-state index is 12.0. The maximum Gasteiger partial charge on any atom is 0.338 e. The van der Waals surface area contributed by atoms with Gasteiger partial charge in [-0.1, -0.05) is 6.92 Å². The van der Waals surface area contributed by atoms with Crippen molar-refractivity contribution in [2.24, 2.45) is 0 Å². The van der Waals surface area contributed by atoms with Gasteiger partial charge in [0.25, 0.3) is 5.91 Å². The minimum Gasteiger partial charge on any atom is -0.452 e. The first-order chi connectivity index (χ1) is 10.5. The van der Waals surface area contributed by atoms with E-state index in [0.29, 0.717) is 17.6 Å². The SMILES string of the molecule is CCCNC(=O)COC(=O)c1ccc2nc(C)c(C)nc2c1. The number of hydrogen-bond donors (Lipinski definition) is 1. The van der Waals surface area contributed by atoms with Crippen molar-refractivity contribution in [1.82, 2.24) is 15.3 Å². The molecule has 0 unspecified atom stereocenters. The van der Waals surface area contributed by atoms with Crippen LogP contribution in [0.15, 0.2) is 18.2 Å². The van der Waals surface area contributed by atoms with Gasteiger partial charge in [-0.3, -0.25) is 4.79 Å². The van der Waals surface area contributed by atoms with Gasteiger partial charge in [-0.25, -0.2) is 14.8 Å². The predicted octanol–water partition coefficient (Wildman–Crippen LogP) is 1.93. The molecule has 0 radical (unpaired) electrons. The lowest BCUT2D eigenvalue weighted by atomic mass is 10.2. The molecule has 2 aromatic rings. The number of nitrogens with one attached hydrogen (secondary N) is 1. The van der Waals surface area contributed by atoms with E-state index in [0.717, 1.165) is 23.3 Å². The second-order valence-corrected chi connectivity index (χ2v) is 5.02. The lowest BCUT2D eigenvalue weighted by Crippen LogP contribution is -2.29. The molecule has 1 aromatic heterocycles. The molecule has 1 amide bonds. The molecule has 116 valence electrons. The first kappa shape index (κ1) is 15.9. The normalized spacial score (nSPS) is 10.5. The van der Waals surface area contributed by atoms with Crippen LogP contribution in [0.3, 0.4) is 0 Å². The van der Waals surface area contributed by atoms with E-state index in [1.54, 1.807) is 18.2 Å². The molecular weight excluding hydrogens is 282 g/mol. The van der Waals surface area contributed by atoms with Gasteiger partial charge in [-0.15, -0.1) is 0 Å². The third kappa shape index (κ3) is 3.78. The van der Waals surface area contributed by atoms with Gasteiger partial charge in [-0.05, 0) is 38.5 Å². The zero-order valence-electron chi connectivity index (χ0n) is 13.0. The van der Waals surface area contributed by atoms with Crippen molar-refractivity contribution < 1.29 is 14.3 Å². The van der Waals surface area contributed by atoms with Crippen LogP contribution in [0.5, 0.6) is 0 Å². The molecule has 0 saturated carbocycles. The van der Waals surface area contributed by atoms with E-state index in [-0.39, 0.29) is 12.5 Å². The fourth-order valence-corrected chi connectivity index (χ4v) is 1.89. The molecular formula is C16H19N3O3. The van der Waals surface area contributed by atoms with Crippen molar-refractivity contribution in [1.29, 1.82) is 0 Å². The highest BCUT2D eigenvalue weighted by atomic mass is 16.5. The molecule has 1 aromatic carbocycles. The Hall–Kier alpha value is -2.50. The van der Waals surface area contributed by atoms with Crippen molar-refractivity contribution in [2.75, 3.05) is 13.2 Å². The zero-order chi connectivity index (χ0) is 16.1. The van der Waals surface area contributed by atoms with Gasteiger partial charge in [0.15, 0.2) is 6.61 Å². The number of aryl methyl sites for hydroxylation is 2. The highest BCUT2D eigenvalue weighted by Crippen LogP contribution is 2.15. The fourth-order valence-electron chi connectivity index (χ4n) is 1.89. The van der Waals surface area contributed by atoms with Gasteiger partial charge in [0.05, 0.1) is 28.0 Å². The third-order valence-corrected chi connectivity index (χ3v) is 3.22. The van der Waals surface area contributed by atoms with E-state index in [1.165, 1.54) is 0 Å². The molecule has 0 aliphatic heterocycles. The van der Waals surface area contributed by atoms with E-state index >= 15 is 0 Å². The van der Waals surface area contributed by atoms with Crippen molar-refractivity contribution in [3.8, 4) is 0 Å². The summed E-state index contributed by atoms with van der Waals surface area (Å²) in [6.45, 7) is 5.99. The molecule has 0 spiro atoms. The molecule has 6 heteroatoms. The van der Waals surface area contributed by atoms with Crippen LogP contribution in [0, 0.1) is 13.8 Å². The monoisotopic (exact) mass is 301 g/mol. The van der Waals surface area contributed by atoms with Gasteiger partial charge in [0.1, 0.15) is 0 Å². The minimum atomic E-state index is -0.548. The smallest absolute Gasteiger partial charge is 0.338 e. The lowest BCUT2D eigenvalue weighted by Gasteiger charge is -2.07. The highest BCUT2D eigenvalue weighted by molar-refractivity contribution is 5.94. The average Bonchev–Trinajstić information content (AvgIpc) is 2.51. The standard InChI is InChI=1S/C16H19N3O3/c1-4-7-17-15(20)9-22-16(21)12-5-6-13-14(8-12)19-11(3)10(2)18-13/h5-6,8H,4,7,9H2,1-3H3,(H,17,20). The Morgan fingerprint density at radius 1 is 1.14 bits per heavy atom. The summed E-state index contributed by atoms with van der Waals surface area (Å²) in [5, 5.41) is 2.64. The number of aromatic nitrogens is 2. The number of hydrogen-bond acceptors (Lipinski definition) is 5. The maximum atomic E-state index is 12.0. The predicted molar refractivity (Wildman–Crippen MR) is 82.6 cm³/mol. The van der Waals surface area contributed by atoms with Crippen LogP contribution in [-0.2, 0) is 9.53 Å². The molecule has 0 saturated heterocycles. The average molecular weight is 301 g/mol. The second kappa shape index (κ2) is 6.98. The second-order valence-electron chi connectivity index (χ2n) is 5.02. The van der Waals surface area contributed by atoms with Crippen molar-refractivity contribution in [3.05, 3.63) is 35.2 Å². The molecule has 0 atom stereocenters. The van der Waals surface area contributed by atoms with Crippen LogP contribution in [0.1, 0.15) is 35.1 Å². The van der Waals surface area contributed by atoms with E-state index < -0.39 is 5.97 Å².